The van der Waals surface area contributed by atoms with Crippen LogP contribution in [0.5, 0.6) is 0 Å². The molecule has 0 spiro atoms. The third kappa shape index (κ3) is 1.14. The van der Waals surface area contributed by atoms with E-state index in [2.05, 4.69) is 9.98 Å². The summed E-state index contributed by atoms with van der Waals surface area (Å²) < 4.78 is 0. The Labute approximate surface area is 69.5 Å². The molecule has 1 aromatic rings. The third-order valence-corrected chi connectivity index (χ3v) is 1.75. The number of isocyanates is 1. The molecule has 4 nitrogen and oxygen atoms in total. The van der Waals surface area contributed by atoms with E-state index >= 15 is 0 Å². The predicted molar refractivity (Wildman–Crippen MR) is 42.8 cm³/mol. The molecule has 1 heterocycles. The number of hydrogen-bond donors (Lipinski definition) is 1. The van der Waals surface area contributed by atoms with Gasteiger partial charge < -0.3 is 4.98 Å². The third-order valence-electron chi connectivity index (χ3n) is 1.75. The van der Waals surface area contributed by atoms with Gasteiger partial charge in [-0.1, -0.05) is 0 Å². The summed E-state index contributed by atoms with van der Waals surface area (Å²) in [4.78, 5) is 16.1. The van der Waals surface area contributed by atoms with Gasteiger partial charge in [-0.05, 0) is 19.4 Å². The number of H-pyrrole nitrogens is 1. The quantitative estimate of drug-likeness (QED) is 0.500. The van der Waals surface area contributed by atoms with Crippen molar-refractivity contribution in [1.82, 2.24) is 4.98 Å². The lowest BCUT2D eigenvalue weighted by Gasteiger charge is -1.84. The molecule has 1 aromatic heterocycles. The Balaban J connectivity index is 3.41. The first-order valence-electron chi connectivity index (χ1n) is 3.37. The highest BCUT2D eigenvalue weighted by molar-refractivity contribution is 5.59. The summed E-state index contributed by atoms with van der Waals surface area (Å²) in [5.74, 6) is 0.294. The average Bonchev–Trinajstić information content (AvgIpc) is 2.29. The molecule has 0 saturated heterocycles. The summed E-state index contributed by atoms with van der Waals surface area (Å²) in [6.07, 6.45) is 1.39. The lowest BCUT2D eigenvalue weighted by molar-refractivity contribution is 0.565. The maximum Gasteiger partial charge on any atom is 0.242 e. The molecule has 0 aromatic carbocycles. The lowest BCUT2D eigenvalue weighted by Crippen LogP contribution is -1.75. The van der Waals surface area contributed by atoms with Crippen molar-refractivity contribution in [2.24, 2.45) is 4.99 Å². The van der Waals surface area contributed by atoms with Crippen molar-refractivity contribution in [3.8, 4) is 6.07 Å². The van der Waals surface area contributed by atoms with Crippen LogP contribution in [0.4, 0.5) is 5.82 Å². The minimum atomic E-state index is 0.294. The predicted octanol–water partition coefficient (Wildman–Crippen LogP) is 1.47. The molecule has 60 valence electrons. The zero-order chi connectivity index (χ0) is 9.14. The monoisotopic (exact) mass is 161 g/mol. The van der Waals surface area contributed by atoms with Gasteiger partial charge >= 0.3 is 0 Å². The Kier molecular flexibility index (Phi) is 2.09. The molecule has 12 heavy (non-hydrogen) atoms. The van der Waals surface area contributed by atoms with Crippen molar-refractivity contribution < 1.29 is 4.79 Å². The number of hydrogen-bond acceptors (Lipinski definition) is 3. The van der Waals surface area contributed by atoms with E-state index < -0.39 is 0 Å². The summed E-state index contributed by atoms with van der Waals surface area (Å²) >= 11 is 0. The summed E-state index contributed by atoms with van der Waals surface area (Å²) in [7, 11) is 0. The Morgan fingerprint density at radius 1 is 1.50 bits per heavy atom. The fourth-order valence-electron chi connectivity index (χ4n) is 0.965. The van der Waals surface area contributed by atoms with Crippen LogP contribution in [0.1, 0.15) is 16.8 Å². The molecule has 1 N–H and O–H groups in total. The minimum Gasteiger partial charge on any atom is -0.342 e. The van der Waals surface area contributed by atoms with Crippen molar-refractivity contribution in [2.75, 3.05) is 0 Å². The second kappa shape index (κ2) is 3.04. The van der Waals surface area contributed by atoms with Crippen molar-refractivity contribution in [3.05, 3.63) is 16.8 Å². The molecule has 0 atom stereocenters. The summed E-state index contributed by atoms with van der Waals surface area (Å²) in [6, 6.07) is 1.97. The summed E-state index contributed by atoms with van der Waals surface area (Å²) in [5, 5.41) is 8.68. The standard InChI is InChI=1S/C8H7N3O/c1-5-6(2)11-8(10-4-12)7(5)3-9/h11H,1-2H3. The van der Waals surface area contributed by atoms with Crippen LogP contribution in [0.15, 0.2) is 4.99 Å². The van der Waals surface area contributed by atoms with Crippen molar-refractivity contribution >= 4 is 11.9 Å². The van der Waals surface area contributed by atoms with Crippen molar-refractivity contribution in [2.45, 2.75) is 13.8 Å². The molecule has 0 amide bonds. The van der Waals surface area contributed by atoms with E-state index in [-0.39, 0.29) is 0 Å². The smallest absolute Gasteiger partial charge is 0.242 e. The van der Waals surface area contributed by atoms with Gasteiger partial charge in [-0.2, -0.15) is 5.26 Å². The number of nitriles is 1. The van der Waals surface area contributed by atoms with Crippen LogP contribution in [0.3, 0.4) is 0 Å². The molecule has 0 aliphatic carbocycles. The second-order valence-corrected chi connectivity index (χ2v) is 2.41. The molecule has 0 aliphatic rings. The van der Waals surface area contributed by atoms with Gasteiger partial charge in [0.25, 0.3) is 0 Å². The number of aromatic nitrogens is 1. The van der Waals surface area contributed by atoms with Crippen molar-refractivity contribution in [1.29, 1.82) is 5.26 Å². The van der Waals surface area contributed by atoms with Gasteiger partial charge in [0.05, 0.1) is 0 Å². The van der Waals surface area contributed by atoms with Crippen LogP contribution in [-0.4, -0.2) is 11.1 Å². The highest BCUT2D eigenvalue weighted by atomic mass is 16.1. The van der Waals surface area contributed by atoms with E-state index in [1.807, 2.05) is 13.0 Å². The summed E-state index contributed by atoms with van der Waals surface area (Å²) in [6.45, 7) is 3.62. The fourth-order valence-corrected chi connectivity index (χ4v) is 0.965. The molecule has 0 unspecified atom stereocenters. The van der Waals surface area contributed by atoms with Gasteiger partial charge in [0.2, 0.25) is 6.08 Å². The first-order valence-corrected chi connectivity index (χ1v) is 3.37. The first-order chi connectivity index (χ1) is 5.70. The van der Waals surface area contributed by atoms with Gasteiger partial charge in [-0.15, -0.1) is 4.99 Å². The van der Waals surface area contributed by atoms with Gasteiger partial charge in [0, 0.05) is 5.69 Å². The first kappa shape index (κ1) is 8.25. The Morgan fingerprint density at radius 3 is 2.67 bits per heavy atom. The number of nitrogens with zero attached hydrogens (tertiary/aromatic N) is 2. The van der Waals surface area contributed by atoms with Gasteiger partial charge in [-0.3, -0.25) is 0 Å². The number of carbonyl (C=O) groups excluding carboxylic acids is 1. The number of nitrogens with one attached hydrogen (secondary N) is 1. The van der Waals surface area contributed by atoms with Crippen LogP contribution in [0.25, 0.3) is 0 Å². The molecule has 4 heteroatoms. The van der Waals surface area contributed by atoms with Gasteiger partial charge in [0.1, 0.15) is 11.6 Å². The molecular weight excluding hydrogens is 154 g/mol. The maximum absolute atomic E-state index is 9.94. The highest BCUT2D eigenvalue weighted by Crippen LogP contribution is 2.22. The zero-order valence-electron chi connectivity index (χ0n) is 6.80. The van der Waals surface area contributed by atoms with E-state index in [4.69, 9.17) is 5.26 Å². The Bertz CT molecular complexity index is 391. The number of aromatic amines is 1. The van der Waals surface area contributed by atoms with E-state index in [9.17, 15) is 4.79 Å². The molecule has 0 bridgehead atoms. The number of aliphatic imine (C=N–C) groups is 1. The lowest BCUT2D eigenvalue weighted by atomic mass is 10.2. The Hall–Kier alpha value is -1.85. The molecular formula is C8H7N3O. The number of aryl methyl sites for hydroxylation is 1. The molecule has 0 radical (unpaired) electrons. The second-order valence-electron chi connectivity index (χ2n) is 2.41. The van der Waals surface area contributed by atoms with Gasteiger partial charge in [0.15, 0.2) is 5.82 Å². The maximum atomic E-state index is 9.94. The number of rotatable bonds is 1. The van der Waals surface area contributed by atoms with Crippen LogP contribution < -0.4 is 0 Å². The van der Waals surface area contributed by atoms with E-state index in [0.29, 0.717) is 11.4 Å². The normalized spacial score (nSPS) is 8.75. The van der Waals surface area contributed by atoms with E-state index in [0.717, 1.165) is 11.3 Å². The molecule has 1 rings (SSSR count). The van der Waals surface area contributed by atoms with Crippen LogP contribution in [0, 0.1) is 25.2 Å². The molecule has 0 fully saturated rings. The average molecular weight is 161 g/mol. The minimum absolute atomic E-state index is 0.294. The zero-order valence-corrected chi connectivity index (χ0v) is 6.80. The van der Waals surface area contributed by atoms with Crippen molar-refractivity contribution in [3.63, 3.8) is 0 Å². The largest absolute Gasteiger partial charge is 0.342 e. The van der Waals surface area contributed by atoms with E-state index in [1.54, 1.807) is 6.92 Å². The van der Waals surface area contributed by atoms with Crippen LogP contribution in [0.2, 0.25) is 0 Å². The fraction of sp³-hybridized carbons (Fsp3) is 0.250. The molecule has 0 aliphatic heterocycles. The highest BCUT2D eigenvalue weighted by Gasteiger charge is 2.09. The van der Waals surface area contributed by atoms with Gasteiger partial charge in [-0.25, -0.2) is 4.79 Å². The summed E-state index contributed by atoms with van der Waals surface area (Å²) in [5.41, 5.74) is 2.09. The molecule has 0 saturated carbocycles. The topological polar surface area (TPSA) is 69.0 Å². The SMILES string of the molecule is Cc1[nH]c(N=C=O)c(C#N)c1C. The van der Waals surface area contributed by atoms with E-state index in [1.165, 1.54) is 6.08 Å². The van der Waals surface area contributed by atoms with Crippen LogP contribution >= 0.6 is 0 Å². The Morgan fingerprint density at radius 2 is 2.17 bits per heavy atom. The van der Waals surface area contributed by atoms with Crippen LogP contribution in [-0.2, 0) is 4.79 Å².